The van der Waals surface area contributed by atoms with E-state index < -0.39 is 4.92 Å². The number of thiophene rings is 1. The normalized spacial score (nSPS) is 15.5. The van der Waals surface area contributed by atoms with Gasteiger partial charge in [-0.05, 0) is 36.8 Å². The molecule has 0 spiro atoms. The number of methoxy groups -OCH3 is 1. The number of hydrogen-bond acceptors (Lipinski definition) is 9. The number of ether oxygens (including phenoxy) is 1. The Bertz CT molecular complexity index is 1180. The molecule has 0 radical (unpaired) electrons. The van der Waals surface area contributed by atoms with Crippen LogP contribution in [0.5, 0.6) is 5.75 Å². The van der Waals surface area contributed by atoms with Crippen molar-refractivity contribution in [2.75, 3.05) is 23.9 Å². The molecule has 0 saturated heterocycles. The highest BCUT2D eigenvalue weighted by Crippen LogP contribution is 2.40. The zero-order valence-electron chi connectivity index (χ0n) is 17.0. The number of nitrogens with two attached hydrogens (primary N) is 1. The highest BCUT2D eigenvalue weighted by Gasteiger charge is 2.23. The number of nitro groups is 1. The number of aryl methyl sites for hydroxylation is 1. The van der Waals surface area contributed by atoms with Crippen LogP contribution in [-0.2, 0) is 17.6 Å². The maximum atomic E-state index is 12.4. The smallest absolute Gasteiger partial charge is 0.273 e. The number of hydrogen-bond donors (Lipinski definition) is 2. The molecule has 4 rings (SSSR count). The van der Waals surface area contributed by atoms with E-state index in [1.165, 1.54) is 47.5 Å². The SMILES string of the molecule is COc1cc([N+](=O)[O-])ccc1NC(=O)CSc1nc(N)c2c3c(sc2n1)CC(C)CC3. The first kappa shape index (κ1) is 21.3. The lowest BCUT2D eigenvalue weighted by atomic mass is 9.89. The lowest BCUT2D eigenvalue weighted by molar-refractivity contribution is -0.384. The summed E-state index contributed by atoms with van der Waals surface area (Å²) in [6, 6.07) is 4.01. The predicted molar refractivity (Wildman–Crippen MR) is 122 cm³/mol. The van der Waals surface area contributed by atoms with Crippen molar-refractivity contribution in [1.29, 1.82) is 0 Å². The molecule has 31 heavy (non-hydrogen) atoms. The Morgan fingerprint density at radius 3 is 3.00 bits per heavy atom. The molecule has 1 aromatic carbocycles. The number of amides is 1. The third-order valence-electron chi connectivity index (χ3n) is 5.16. The van der Waals surface area contributed by atoms with Gasteiger partial charge in [0, 0.05) is 10.9 Å². The number of nitrogens with zero attached hydrogens (tertiary/aromatic N) is 3. The lowest BCUT2D eigenvalue weighted by Gasteiger charge is -2.17. The molecule has 0 aliphatic heterocycles. The van der Waals surface area contributed by atoms with Crippen LogP contribution in [0.3, 0.4) is 0 Å². The number of nitrogen functional groups attached to an aromatic ring is 1. The first-order chi connectivity index (χ1) is 14.9. The van der Waals surface area contributed by atoms with Crippen LogP contribution in [0, 0.1) is 16.0 Å². The number of non-ortho nitro benzene ring substituents is 1. The third-order valence-corrected chi connectivity index (χ3v) is 7.16. The number of nitrogens with one attached hydrogen (secondary N) is 1. The molecule has 3 aromatic rings. The fraction of sp³-hybridized carbons (Fsp3) is 0.350. The molecule has 162 valence electrons. The summed E-state index contributed by atoms with van der Waals surface area (Å²) in [5.74, 6) is 1.08. The van der Waals surface area contributed by atoms with E-state index in [-0.39, 0.29) is 23.1 Å². The number of fused-ring (bicyclic) bond motifs is 3. The minimum absolute atomic E-state index is 0.0627. The van der Waals surface area contributed by atoms with Crippen LogP contribution in [0.15, 0.2) is 23.4 Å². The van der Waals surface area contributed by atoms with Crippen molar-refractivity contribution in [3.05, 3.63) is 38.8 Å². The lowest BCUT2D eigenvalue weighted by Crippen LogP contribution is -2.15. The van der Waals surface area contributed by atoms with Gasteiger partial charge in [-0.2, -0.15) is 0 Å². The molecule has 1 aliphatic carbocycles. The average Bonchev–Trinajstić information content (AvgIpc) is 3.10. The van der Waals surface area contributed by atoms with Gasteiger partial charge in [-0.15, -0.1) is 11.3 Å². The van der Waals surface area contributed by atoms with Gasteiger partial charge in [0.25, 0.3) is 5.69 Å². The molecule has 11 heteroatoms. The number of thioether (sulfide) groups is 1. The van der Waals surface area contributed by atoms with Gasteiger partial charge in [0.2, 0.25) is 5.91 Å². The minimum atomic E-state index is -0.523. The second-order valence-corrected chi connectivity index (χ2v) is 9.43. The molecule has 0 saturated carbocycles. The average molecular weight is 460 g/mol. The summed E-state index contributed by atoms with van der Waals surface area (Å²) < 4.78 is 5.15. The summed E-state index contributed by atoms with van der Waals surface area (Å²) in [4.78, 5) is 34.0. The first-order valence-electron chi connectivity index (χ1n) is 9.68. The van der Waals surface area contributed by atoms with Gasteiger partial charge in [-0.3, -0.25) is 14.9 Å². The fourth-order valence-corrected chi connectivity index (χ4v) is 5.73. The molecule has 0 bridgehead atoms. The van der Waals surface area contributed by atoms with Crippen LogP contribution < -0.4 is 15.8 Å². The van der Waals surface area contributed by atoms with E-state index in [0.717, 1.165) is 29.5 Å². The van der Waals surface area contributed by atoms with Crippen molar-refractivity contribution in [3.63, 3.8) is 0 Å². The van der Waals surface area contributed by atoms with Gasteiger partial charge in [0.05, 0.1) is 34.9 Å². The molecule has 9 nitrogen and oxygen atoms in total. The summed E-state index contributed by atoms with van der Waals surface area (Å²) in [5.41, 5.74) is 7.75. The van der Waals surface area contributed by atoms with Crippen LogP contribution in [0.1, 0.15) is 23.8 Å². The second kappa shape index (κ2) is 8.67. The van der Waals surface area contributed by atoms with Gasteiger partial charge >= 0.3 is 0 Å². The monoisotopic (exact) mass is 459 g/mol. The Hall–Kier alpha value is -2.92. The Labute approximate surface area is 186 Å². The Balaban J connectivity index is 1.47. The molecule has 3 N–H and O–H groups in total. The first-order valence-corrected chi connectivity index (χ1v) is 11.5. The van der Waals surface area contributed by atoms with E-state index in [1.807, 2.05) is 0 Å². The van der Waals surface area contributed by atoms with Gasteiger partial charge in [-0.1, -0.05) is 18.7 Å². The summed E-state index contributed by atoms with van der Waals surface area (Å²) >= 11 is 2.85. The predicted octanol–water partition coefficient (Wildman–Crippen LogP) is 4.05. The van der Waals surface area contributed by atoms with Gasteiger partial charge in [0.1, 0.15) is 16.4 Å². The molecule has 2 aromatic heterocycles. The number of aromatic nitrogens is 2. The number of carbonyl (C=O) groups excluding carboxylic acids is 1. The van der Waals surface area contributed by atoms with E-state index >= 15 is 0 Å². The standard InChI is InChI=1S/C20H21N5O4S2/c1-10-3-5-12-15(7-10)31-19-17(12)18(21)23-20(24-19)30-9-16(26)22-13-6-4-11(25(27)28)8-14(13)29-2/h4,6,8,10H,3,5,7,9H2,1-2H3,(H,22,26)(H2,21,23,24). The molecule has 1 aliphatic rings. The molecule has 1 unspecified atom stereocenters. The van der Waals surface area contributed by atoms with Crippen LogP contribution in [0.25, 0.3) is 10.2 Å². The summed E-state index contributed by atoms with van der Waals surface area (Å²) in [5, 5.41) is 15.0. The van der Waals surface area contributed by atoms with Crippen LogP contribution in [-0.4, -0.2) is 33.7 Å². The van der Waals surface area contributed by atoms with E-state index in [0.29, 0.717) is 22.6 Å². The van der Waals surface area contributed by atoms with E-state index in [4.69, 9.17) is 10.5 Å². The molecule has 2 heterocycles. The number of nitro benzene ring substituents is 1. The van der Waals surface area contributed by atoms with Crippen molar-refractivity contribution < 1.29 is 14.5 Å². The maximum Gasteiger partial charge on any atom is 0.273 e. The molecular formula is C20H21N5O4S2. The quantitative estimate of drug-likeness (QED) is 0.244. The van der Waals surface area contributed by atoms with Crippen LogP contribution >= 0.6 is 23.1 Å². The minimum Gasteiger partial charge on any atom is -0.494 e. The van der Waals surface area contributed by atoms with Crippen molar-refractivity contribution in [2.45, 2.75) is 31.3 Å². The van der Waals surface area contributed by atoms with Crippen molar-refractivity contribution >= 4 is 56.4 Å². The van der Waals surface area contributed by atoms with Crippen LogP contribution in [0.4, 0.5) is 17.2 Å². The number of rotatable bonds is 6. The molecule has 0 fully saturated rings. The van der Waals surface area contributed by atoms with E-state index in [1.54, 1.807) is 11.3 Å². The zero-order chi connectivity index (χ0) is 22.1. The Morgan fingerprint density at radius 1 is 1.45 bits per heavy atom. The van der Waals surface area contributed by atoms with Gasteiger partial charge in [0.15, 0.2) is 5.16 Å². The Morgan fingerprint density at radius 2 is 2.26 bits per heavy atom. The largest absolute Gasteiger partial charge is 0.494 e. The Kier molecular flexibility index (Phi) is 5.96. The van der Waals surface area contributed by atoms with E-state index in [9.17, 15) is 14.9 Å². The summed E-state index contributed by atoms with van der Waals surface area (Å²) in [6.07, 6.45) is 3.18. The highest BCUT2D eigenvalue weighted by atomic mass is 32.2. The van der Waals surface area contributed by atoms with E-state index in [2.05, 4.69) is 22.2 Å². The van der Waals surface area contributed by atoms with Crippen molar-refractivity contribution in [2.24, 2.45) is 5.92 Å². The topological polar surface area (TPSA) is 133 Å². The van der Waals surface area contributed by atoms with Gasteiger partial charge in [-0.25, -0.2) is 9.97 Å². The number of benzene rings is 1. The highest BCUT2D eigenvalue weighted by molar-refractivity contribution is 7.99. The third kappa shape index (κ3) is 4.42. The number of carbonyl (C=O) groups is 1. The fourth-order valence-electron chi connectivity index (χ4n) is 3.63. The molecule has 1 amide bonds. The maximum absolute atomic E-state index is 12.4. The number of anilines is 2. The van der Waals surface area contributed by atoms with Crippen molar-refractivity contribution in [1.82, 2.24) is 9.97 Å². The zero-order valence-corrected chi connectivity index (χ0v) is 18.6. The summed E-state index contributed by atoms with van der Waals surface area (Å²) in [6.45, 7) is 2.25. The van der Waals surface area contributed by atoms with Gasteiger partial charge < -0.3 is 15.8 Å². The molecular weight excluding hydrogens is 438 g/mol. The van der Waals surface area contributed by atoms with Crippen molar-refractivity contribution in [3.8, 4) is 5.75 Å². The summed E-state index contributed by atoms with van der Waals surface area (Å²) in [7, 11) is 1.39. The van der Waals surface area contributed by atoms with Crippen LogP contribution in [0.2, 0.25) is 0 Å². The second-order valence-electron chi connectivity index (χ2n) is 7.40. The molecule has 1 atom stereocenters.